The number of amides is 2. The lowest BCUT2D eigenvalue weighted by molar-refractivity contribution is -0.122. The van der Waals surface area contributed by atoms with Gasteiger partial charge < -0.3 is 4.74 Å². The van der Waals surface area contributed by atoms with E-state index in [1.54, 1.807) is 37.3 Å². The van der Waals surface area contributed by atoms with Crippen LogP contribution < -0.4 is 4.90 Å². The SMILES string of the molecule is CCc1cc(Br)cc2c(C(=O)OC(C)C(=O)c3ccc(C)cc3)cc(-c3ccc(N4C(=O)C5CCCCC5C4=O)cc3)nc12. The average molecular weight is 654 g/mol. The molecule has 224 valence electrons. The van der Waals surface area contributed by atoms with Gasteiger partial charge in [0.05, 0.1) is 34.3 Å². The van der Waals surface area contributed by atoms with Crippen LogP contribution in [-0.4, -0.2) is 34.7 Å². The van der Waals surface area contributed by atoms with Crippen molar-refractivity contribution in [1.82, 2.24) is 4.98 Å². The number of hydrogen-bond donors (Lipinski definition) is 0. The Balaban J connectivity index is 1.34. The lowest BCUT2D eigenvalue weighted by Crippen LogP contribution is -2.30. The van der Waals surface area contributed by atoms with E-state index >= 15 is 0 Å². The van der Waals surface area contributed by atoms with Crippen molar-refractivity contribution in [2.45, 2.75) is 59.0 Å². The maximum absolute atomic E-state index is 13.7. The van der Waals surface area contributed by atoms with Crippen LogP contribution >= 0.6 is 15.9 Å². The third-order valence-electron chi connectivity index (χ3n) is 8.81. The number of hydrogen-bond acceptors (Lipinski definition) is 6. The number of rotatable bonds is 7. The molecule has 2 amide bonds. The largest absolute Gasteiger partial charge is 0.451 e. The zero-order valence-corrected chi connectivity index (χ0v) is 26.5. The number of carbonyl (C=O) groups is 4. The molecule has 8 heteroatoms. The molecule has 1 saturated heterocycles. The second kappa shape index (κ2) is 12.1. The van der Waals surface area contributed by atoms with E-state index in [4.69, 9.17) is 9.72 Å². The number of aromatic nitrogens is 1. The van der Waals surface area contributed by atoms with Gasteiger partial charge >= 0.3 is 5.97 Å². The summed E-state index contributed by atoms with van der Waals surface area (Å²) in [5.41, 5.74) is 5.21. The highest BCUT2D eigenvalue weighted by atomic mass is 79.9. The summed E-state index contributed by atoms with van der Waals surface area (Å²) >= 11 is 3.56. The van der Waals surface area contributed by atoms with E-state index in [1.165, 1.54) is 4.90 Å². The molecule has 0 bridgehead atoms. The van der Waals surface area contributed by atoms with Gasteiger partial charge in [-0.05, 0) is 69.0 Å². The van der Waals surface area contributed by atoms with Crippen molar-refractivity contribution in [3.05, 3.63) is 93.5 Å². The summed E-state index contributed by atoms with van der Waals surface area (Å²) in [7, 11) is 0. The molecule has 0 radical (unpaired) electrons. The quantitative estimate of drug-likeness (QED) is 0.116. The summed E-state index contributed by atoms with van der Waals surface area (Å²) in [6, 6.07) is 19.8. The van der Waals surface area contributed by atoms with Crippen LogP contribution in [0.2, 0.25) is 0 Å². The standard InChI is InChI=1S/C36H33BrN2O5/c1-4-22-17-25(37)18-29-30(36(43)44-21(3)33(40)24-11-9-20(2)10-12-24)19-31(38-32(22)29)23-13-15-26(16-14-23)39-34(41)27-7-5-6-8-28(27)35(39)42/h9-19,21,27-28H,4-8H2,1-3H3. The second-order valence-corrected chi connectivity index (χ2v) is 12.6. The number of halogens is 1. The molecule has 3 unspecified atom stereocenters. The molecular formula is C36H33BrN2O5. The monoisotopic (exact) mass is 652 g/mol. The predicted molar refractivity (Wildman–Crippen MR) is 173 cm³/mol. The van der Waals surface area contributed by atoms with Crippen molar-refractivity contribution in [1.29, 1.82) is 0 Å². The smallest absolute Gasteiger partial charge is 0.339 e. The maximum atomic E-state index is 13.7. The minimum Gasteiger partial charge on any atom is -0.451 e. The Bertz CT molecular complexity index is 1770. The summed E-state index contributed by atoms with van der Waals surface area (Å²) < 4.78 is 6.54. The van der Waals surface area contributed by atoms with Crippen LogP contribution in [0.4, 0.5) is 5.69 Å². The van der Waals surface area contributed by atoms with Crippen molar-refractivity contribution < 1.29 is 23.9 Å². The number of fused-ring (bicyclic) bond motifs is 2. The number of imide groups is 1. The molecule has 0 N–H and O–H groups in total. The van der Waals surface area contributed by atoms with Crippen LogP contribution in [0.15, 0.2) is 71.2 Å². The van der Waals surface area contributed by atoms with E-state index in [0.29, 0.717) is 39.8 Å². The van der Waals surface area contributed by atoms with E-state index < -0.39 is 12.1 Å². The number of pyridine rings is 1. The molecule has 7 nitrogen and oxygen atoms in total. The highest BCUT2D eigenvalue weighted by molar-refractivity contribution is 9.10. The Morgan fingerprint density at radius 3 is 2.20 bits per heavy atom. The number of aryl methyl sites for hydroxylation is 2. The van der Waals surface area contributed by atoms with Crippen LogP contribution in [0.3, 0.4) is 0 Å². The highest BCUT2D eigenvalue weighted by Gasteiger charge is 2.48. The number of esters is 1. The number of benzene rings is 3. The topological polar surface area (TPSA) is 93.6 Å². The van der Waals surface area contributed by atoms with E-state index in [-0.39, 0.29) is 29.4 Å². The molecule has 1 aromatic heterocycles. The van der Waals surface area contributed by atoms with Crippen molar-refractivity contribution in [3.8, 4) is 11.3 Å². The van der Waals surface area contributed by atoms with Gasteiger partial charge in [0.15, 0.2) is 6.10 Å². The number of Topliss-reactive ketones (excluding diaryl/α,β-unsaturated/α-hetero) is 1. The van der Waals surface area contributed by atoms with Crippen molar-refractivity contribution in [3.63, 3.8) is 0 Å². The molecular weight excluding hydrogens is 620 g/mol. The van der Waals surface area contributed by atoms with Crippen molar-refractivity contribution in [2.75, 3.05) is 4.90 Å². The van der Waals surface area contributed by atoms with Crippen molar-refractivity contribution in [2.24, 2.45) is 11.8 Å². The van der Waals surface area contributed by atoms with Gasteiger partial charge in [0, 0.05) is 21.0 Å². The summed E-state index contributed by atoms with van der Waals surface area (Å²) in [5.74, 6) is -1.59. The van der Waals surface area contributed by atoms with Gasteiger partial charge in [-0.1, -0.05) is 77.7 Å². The first kappa shape index (κ1) is 29.9. The molecule has 1 aliphatic carbocycles. The lowest BCUT2D eigenvalue weighted by atomic mass is 9.81. The molecule has 2 heterocycles. The number of ketones is 1. The molecule has 1 saturated carbocycles. The Morgan fingerprint density at radius 2 is 1.59 bits per heavy atom. The van der Waals surface area contributed by atoms with Crippen LogP contribution in [0.5, 0.6) is 0 Å². The van der Waals surface area contributed by atoms with Gasteiger partial charge in [0.1, 0.15) is 0 Å². The maximum Gasteiger partial charge on any atom is 0.339 e. The van der Waals surface area contributed by atoms with Crippen LogP contribution in [0, 0.1) is 18.8 Å². The zero-order chi connectivity index (χ0) is 31.1. The molecule has 3 atom stereocenters. The molecule has 3 aromatic carbocycles. The number of nitrogens with zero attached hydrogens (tertiary/aromatic N) is 2. The molecule has 1 aliphatic heterocycles. The summed E-state index contributed by atoms with van der Waals surface area (Å²) in [5, 5.41) is 0.618. The second-order valence-electron chi connectivity index (χ2n) is 11.7. The summed E-state index contributed by atoms with van der Waals surface area (Å²) in [4.78, 5) is 59.3. The lowest BCUT2D eigenvalue weighted by Gasteiger charge is -2.19. The van der Waals surface area contributed by atoms with Gasteiger partial charge in [-0.15, -0.1) is 0 Å². The molecule has 2 aliphatic rings. The molecule has 4 aromatic rings. The van der Waals surface area contributed by atoms with Gasteiger partial charge in [0.25, 0.3) is 0 Å². The highest BCUT2D eigenvalue weighted by Crippen LogP contribution is 2.40. The Labute approximate surface area is 264 Å². The normalized spacial score (nSPS) is 18.8. The van der Waals surface area contributed by atoms with Gasteiger partial charge in [-0.25, -0.2) is 9.78 Å². The molecule has 2 fully saturated rings. The number of ether oxygens (including phenoxy) is 1. The Morgan fingerprint density at radius 1 is 0.955 bits per heavy atom. The fourth-order valence-electron chi connectivity index (χ4n) is 6.37. The van der Waals surface area contributed by atoms with E-state index in [9.17, 15) is 19.2 Å². The van der Waals surface area contributed by atoms with E-state index in [1.807, 2.05) is 50.2 Å². The fourth-order valence-corrected chi connectivity index (χ4v) is 6.88. The van der Waals surface area contributed by atoms with Gasteiger partial charge in [0.2, 0.25) is 17.6 Å². The molecule has 44 heavy (non-hydrogen) atoms. The van der Waals surface area contributed by atoms with Crippen LogP contribution in [0.1, 0.15) is 71.4 Å². The van der Waals surface area contributed by atoms with E-state index in [2.05, 4.69) is 15.9 Å². The Kier molecular flexibility index (Phi) is 8.20. The predicted octanol–water partition coefficient (Wildman–Crippen LogP) is 7.64. The van der Waals surface area contributed by atoms with Crippen molar-refractivity contribution >= 4 is 56.1 Å². The Hall–Kier alpha value is -4.17. The van der Waals surface area contributed by atoms with Gasteiger partial charge in [-0.2, -0.15) is 0 Å². The first-order valence-corrected chi connectivity index (χ1v) is 15.9. The zero-order valence-electron chi connectivity index (χ0n) is 24.9. The third kappa shape index (κ3) is 5.47. The minimum absolute atomic E-state index is 0.117. The average Bonchev–Trinajstić information content (AvgIpc) is 3.29. The minimum atomic E-state index is -0.992. The van der Waals surface area contributed by atoms with Crippen LogP contribution in [0.25, 0.3) is 22.2 Å². The number of carbonyl (C=O) groups excluding carboxylic acids is 4. The number of anilines is 1. The molecule has 0 spiro atoms. The van der Waals surface area contributed by atoms with Crippen LogP contribution in [-0.2, 0) is 20.7 Å². The first-order valence-electron chi connectivity index (χ1n) is 15.1. The van der Waals surface area contributed by atoms with E-state index in [0.717, 1.165) is 46.8 Å². The third-order valence-corrected chi connectivity index (χ3v) is 9.27. The summed E-state index contributed by atoms with van der Waals surface area (Å²) in [6.45, 7) is 5.54. The first-order chi connectivity index (χ1) is 21.2. The fraction of sp³-hybridized carbons (Fsp3) is 0.306. The molecule has 6 rings (SSSR count). The summed E-state index contributed by atoms with van der Waals surface area (Å²) in [6.07, 6.45) is 3.15. The van der Waals surface area contributed by atoms with Gasteiger partial charge in [-0.3, -0.25) is 19.3 Å².